The first kappa shape index (κ1) is 17.9. The molecule has 3 rings (SSSR count). The zero-order chi connectivity index (χ0) is 18.4. The van der Waals surface area contributed by atoms with Crippen molar-refractivity contribution in [1.29, 1.82) is 0 Å². The van der Waals surface area contributed by atoms with Crippen LogP contribution in [0.2, 0.25) is 0 Å². The number of rotatable bonds is 6. The van der Waals surface area contributed by atoms with Gasteiger partial charge < -0.3 is 10.6 Å². The monoisotopic (exact) mass is 364 g/mol. The summed E-state index contributed by atoms with van der Waals surface area (Å²) in [5.41, 5.74) is 2.82. The zero-order valence-electron chi connectivity index (χ0n) is 14.4. The van der Waals surface area contributed by atoms with Crippen molar-refractivity contribution < 1.29 is 9.59 Å². The normalized spacial score (nSPS) is 11.6. The molecule has 0 fully saturated rings. The Bertz CT molecular complexity index is 859. The molecule has 1 heterocycles. The van der Waals surface area contributed by atoms with E-state index in [2.05, 4.69) is 10.6 Å². The maximum atomic E-state index is 12.8. The molecule has 0 aliphatic carbocycles. The van der Waals surface area contributed by atoms with Gasteiger partial charge in [0, 0.05) is 12.1 Å². The summed E-state index contributed by atoms with van der Waals surface area (Å²) >= 11 is 1.35. The van der Waals surface area contributed by atoms with Gasteiger partial charge >= 0.3 is 0 Å². The Hall–Kier alpha value is -2.92. The van der Waals surface area contributed by atoms with Crippen LogP contribution in [0.15, 0.2) is 72.1 Å². The molecule has 1 aromatic heterocycles. The van der Waals surface area contributed by atoms with E-state index in [1.807, 2.05) is 73.0 Å². The van der Waals surface area contributed by atoms with Gasteiger partial charge in [0.2, 0.25) is 5.91 Å². The second kappa shape index (κ2) is 8.45. The molecule has 0 unspecified atom stereocenters. The first-order valence-electron chi connectivity index (χ1n) is 8.37. The summed E-state index contributed by atoms with van der Waals surface area (Å²) in [7, 11) is 0. The molecule has 3 aromatic rings. The number of carbonyl (C=O) groups is 2. The molecule has 0 spiro atoms. The largest absolute Gasteiger partial charge is 0.339 e. The summed E-state index contributed by atoms with van der Waals surface area (Å²) in [4.78, 5) is 25.8. The zero-order valence-corrected chi connectivity index (χ0v) is 15.3. The number of thiophene rings is 1. The van der Waals surface area contributed by atoms with E-state index in [4.69, 9.17) is 0 Å². The molecule has 0 aliphatic rings. The quantitative estimate of drug-likeness (QED) is 0.694. The molecule has 2 aromatic carbocycles. The lowest BCUT2D eigenvalue weighted by Gasteiger charge is -2.18. The highest BCUT2D eigenvalue weighted by Crippen LogP contribution is 2.13. The van der Waals surface area contributed by atoms with Crippen molar-refractivity contribution in [1.82, 2.24) is 5.32 Å². The lowest BCUT2D eigenvalue weighted by molar-refractivity contribution is -0.118. The van der Waals surface area contributed by atoms with Crippen molar-refractivity contribution in [2.24, 2.45) is 0 Å². The van der Waals surface area contributed by atoms with E-state index in [9.17, 15) is 9.59 Å². The van der Waals surface area contributed by atoms with Crippen LogP contribution in [0.3, 0.4) is 0 Å². The molecule has 1 atom stereocenters. The number of aryl methyl sites for hydroxylation is 1. The molecule has 0 radical (unpaired) electrons. The van der Waals surface area contributed by atoms with E-state index in [0.29, 0.717) is 17.0 Å². The Morgan fingerprint density at radius 3 is 2.35 bits per heavy atom. The van der Waals surface area contributed by atoms with Gasteiger partial charge in [0.25, 0.3) is 5.91 Å². The molecular formula is C21H20N2O2S. The van der Waals surface area contributed by atoms with Gasteiger partial charge in [0.15, 0.2) is 0 Å². The topological polar surface area (TPSA) is 58.2 Å². The van der Waals surface area contributed by atoms with Crippen molar-refractivity contribution in [3.05, 3.63) is 88.1 Å². The highest BCUT2D eigenvalue weighted by molar-refractivity contribution is 7.12. The van der Waals surface area contributed by atoms with Gasteiger partial charge in [-0.3, -0.25) is 9.59 Å². The number of hydrogen-bond donors (Lipinski definition) is 2. The Morgan fingerprint density at radius 2 is 1.69 bits per heavy atom. The standard InChI is InChI=1S/C21H20N2O2S/c1-15-9-11-17(12-10-15)22-20(24)18(14-16-6-3-2-4-7-16)23-21(25)19-8-5-13-26-19/h2-13,18H,14H2,1H3,(H,22,24)(H,23,25)/t18-/m0/s1. The predicted molar refractivity (Wildman–Crippen MR) is 106 cm³/mol. The Morgan fingerprint density at radius 1 is 0.962 bits per heavy atom. The van der Waals surface area contributed by atoms with Gasteiger partial charge in [0.05, 0.1) is 4.88 Å². The number of nitrogens with one attached hydrogen (secondary N) is 2. The van der Waals surface area contributed by atoms with Crippen molar-refractivity contribution in [3.63, 3.8) is 0 Å². The van der Waals surface area contributed by atoms with Crippen molar-refractivity contribution >= 4 is 28.8 Å². The Labute approximate surface area is 156 Å². The number of hydrogen-bond acceptors (Lipinski definition) is 3. The summed E-state index contributed by atoms with van der Waals surface area (Å²) in [5, 5.41) is 7.59. The van der Waals surface area contributed by atoms with Crippen LogP contribution in [-0.2, 0) is 11.2 Å². The minimum absolute atomic E-state index is 0.234. The first-order chi connectivity index (χ1) is 12.6. The second-order valence-corrected chi connectivity index (χ2v) is 7.00. The Kier molecular flexibility index (Phi) is 5.81. The molecule has 2 N–H and O–H groups in total. The fourth-order valence-electron chi connectivity index (χ4n) is 2.56. The van der Waals surface area contributed by atoms with Crippen molar-refractivity contribution in [2.75, 3.05) is 5.32 Å². The highest BCUT2D eigenvalue weighted by atomic mass is 32.1. The van der Waals surface area contributed by atoms with Gasteiger partial charge in [-0.15, -0.1) is 11.3 Å². The van der Waals surface area contributed by atoms with Gasteiger partial charge in [-0.05, 0) is 36.1 Å². The van der Waals surface area contributed by atoms with Crippen LogP contribution in [0.1, 0.15) is 20.8 Å². The van der Waals surface area contributed by atoms with Crippen LogP contribution >= 0.6 is 11.3 Å². The molecule has 132 valence electrons. The summed E-state index contributed by atoms with van der Waals surface area (Å²) in [6.45, 7) is 1.99. The van der Waals surface area contributed by atoms with E-state index in [1.165, 1.54) is 11.3 Å². The van der Waals surface area contributed by atoms with Crippen LogP contribution < -0.4 is 10.6 Å². The average Bonchev–Trinajstić information content (AvgIpc) is 3.19. The highest BCUT2D eigenvalue weighted by Gasteiger charge is 2.22. The van der Waals surface area contributed by atoms with E-state index in [-0.39, 0.29) is 11.8 Å². The third-order valence-electron chi connectivity index (χ3n) is 3.97. The van der Waals surface area contributed by atoms with E-state index in [1.54, 1.807) is 6.07 Å². The maximum absolute atomic E-state index is 12.8. The molecule has 4 nitrogen and oxygen atoms in total. The molecule has 0 aliphatic heterocycles. The van der Waals surface area contributed by atoms with Gasteiger partial charge in [-0.1, -0.05) is 54.1 Å². The number of carbonyl (C=O) groups excluding carboxylic acids is 2. The molecule has 0 saturated carbocycles. The van der Waals surface area contributed by atoms with Crippen LogP contribution in [0.25, 0.3) is 0 Å². The molecule has 2 amide bonds. The minimum atomic E-state index is -0.659. The van der Waals surface area contributed by atoms with Crippen LogP contribution in [0.4, 0.5) is 5.69 Å². The molecular weight excluding hydrogens is 344 g/mol. The summed E-state index contributed by atoms with van der Waals surface area (Å²) in [6, 6.07) is 20.2. The van der Waals surface area contributed by atoms with Gasteiger partial charge in [-0.2, -0.15) is 0 Å². The fraction of sp³-hybridized carbons (Fsp3) is 0.143. The second-order valence-electron chi connectivity index (χ2n) is 6.05. The number of amides is 2. The van der Waals surface area contributed by atoms with E-state index < -0.39 is 6.04 Å². The smallest absolute Gasteiger partial charge is 0.262 e. The molecule has 0 bridgehead atoms. The van der Waals surface area contributed by atoms with E-state index >= 15 is 0 Å². The fourth-order valence-corrected chi connectivity index (χ4v) is 3.19. The van der Waals surface area contributed by atoms with Crippen molar-refractivity contribution in [3.8, 4) is 0 Å². The van der Waals surface area contributed by atoms with Crippen molar-refractivity contribution in [2.45, 2.75) is 19.4 Å². The lowest BCUT2D eigenvalue weighted by atomic mass is 10.0. The summed E-state index contributed by atoms with van der Waals surface area (Å²) < 4.78 is 0. The molecule has 0 saturated heterocycles. The predicted octanol–water partition coefficient (Wildman–Crippen LogP) is 4.04. The molecule has 5 heteroatoms. The Balaban J connectivity index is 1.75. The van der Waals surface area contributed by atoms with Gasteiger partial charge in [-0.25, -0.2) is 0 Å². The van der Waals surface area contributed by atoms with Crippen LogP contribution in [-0.4, -0.2) is 17.9 Å². The third kappa shape index (κ3) is 4.80. The number of anilines is 1. The van der Waals surface area contributed by atoms with E-state index in [0.717, 1.165) is 11.1 Å². The first-order valence-corrected chi connectivity index (χ1v) is 9.25. The maximum Gasteiger partial charge on any atom is 0.262 e. The summed E-state index contributed by atoms with van der Waals surface area (Å²) in [6.07, 6.45) is 0.426. The number of benzene rings is 2. The van der Waals surface area contributed by atoms with Crippen LogP contribution in [0, 0.1) is 6.92 Å². The molecule has 26 heavy (non-hydrogen) atoms. The van der Waals surface area contributed by atoms with Crippen LogP contribution in [0.5, 0.6) is 0 Å². The third-order valence-corrected chi connectivity index (χ3v) is 4.84. The summed E-state index contributed by atoms with van der Waals surface area (Å²) in [5.74, 6) is -0.470. The minimum Gasteiger partial charge on any atom is -0.339 e. The van der Waals surface area contributed by atoms with Gasteiger partial charge in [0.1, 0.15) is 6.04 Å². The SMILES string of the molecule is Cc1ccc(NC(=O)[C@H](Cc2ccccc2)NC(=O)c2cccs2)cc1. The average molecular weight is 364 g/mol. The lowest BCUT2D eigenvalue weighted by Crippen LogP contribution is -2.45.